The summed E-state index contributed by atoms with van der Waals surface area (Å²) in [5.74, 6) is 0. The van der Waals surface area contributed by atoms with Crippen molar-refractivity contribution in [3.05, 3.63) is 77.1 Å². The van der Waals surface area contributed by atoms with Crippen molar-refractivity contribution in [3.8, 4) is 11.1 Å². The molecule has 2 aromatic carbocycles. The number of fused-ring (bicyclic) bond motifs is 1. The Morgan fingerprint density at radius 3 is 2.74 bits per heavy atom. The van der Waals surface area contributed by atoms with Gasteiger partial charge in [-0.2, -0.15) is 5.10 Å². The maximum atomic E-state index is 9.82. The fourth-order valence-electron chi connectivity index (χ4n) is 3.88. The molecule has 1 aliphatic heterocycles. The van der Waals surface area contributed by atoms with Crippen molar-refractivity contribution in [2.24, 2.45) is 0 Å². The minimum Gasteiger partial charge on any atom is -0.387 e. The van der Waals surface area contributed by atoms with Gasteiger partial charge >= 0.3 is 0 Å². The summed E-state index contributed by atoms with van der Waals surface area (Å²) in [7, 11) is 0. The van der Waals surface area contributed by atoms with E-state index in [-0.39, 0.29) is 0 Å². The number of hydrogen-bond acceptors (Lipinski definition) is 3. The number of aliphatic hydroxyl groups excluding tert-OH is 1. The van der Waals surface area contributed by atoms with Crippen molar-refractivity contribution >= 4 is 0 Å². The largest absolute Gasteiger partial charge is 0.387 e. The summed E-state index contributed by atoms with van der Waals surface area (Å²) in [5, 5.41) is 14.4. The summed E-state index contributed by atoms with van der Waals surface area (Å²) in [6, 6.07) is 19.5. The van der Waals surface area contributed by atoms with Gasteiger partial charge in [0.15, 0.2) is 0 Å². The van der Waals surface area contributed by atoms with E-state index in [2.05, 4.69) is 70.1 Å². The summed E-state index contributed by atoms with van der Waals surface area (Å²) in [6.07, 6.45) is 0.564. The highest BCUT2D eigenvalue weighted by molar-refractivity contribution is 5.67. The van der Waals surface area contributed by atoms with Gasteiger partial charge in [0.25, 0.3) is 0 Å². The van der Waals surface area contributed by atoms with E-state index in [1.54, 1.807) is 6.92 Å². The average molecular weight is 361 g/mol. The first-order valence-electron chi connectivity index (χ1n) is 9.72. The number of aromatic nitrogens is 2. The van der Waals surface area contributed by atoms with Crippen LogP contribution in [0.3, 0.4) is 0 Å². The molecule has 27 heavy (non-hydrogen) atoms. The highest BCUT2D eigenvalue weighted by atomic mass is 16.3. The number of nitrogens with zero attached hydrogens (tertiary/aromatic N) is 3. The molecule has 1 atom stereocenters. The highest BCUT2D eigenvalue weighted by Gasteiger charge is 2.18. The van der Waals surface area contributed by atoms with E-state index in [9.17, 15) is 5.11 Å². The molecule has 1 N–H and O–H groups in total. The summed E-state index contributed by atoms with van der Waals surface area (Å²) in [6.45, 7) is 7.71. The third-order valence-corrected chi connectivity index (χ3v) is 5.33. The van der Waals surface area contributed by atoms with E-state index in [0.29, 0.717) is 0 Å². The van der Waals surface area contributed by atoms with Crippen LogP contribution in [-0.2, 0) is 19.6 Å². The van der Waals surface area contributed by atoms with Gasteiger partial charge in [-0.25, -0.2) is 0 Å². The van der Waals surface area contributed by atoms with Gasteiger partial charge in [-0.1, -0.05) is 42.5 Å². The Bertz CT molecular complexity index is 929. The topological polar surface area (TPSA) is 41.3 Å². The van der Waals surface area contributed by atoms with E-state index in [1.165, 1.54) is 27.9 Å². The number of benzene rings is 2. The van der Waals surface area contributed by atoms with Crippen LogP contribution in [0.1, 0.15) is 42.0 Å². The van der Waals surface area contributed by atoms with Crippen LogP contribution in [0, 0.1) is 6.92 Å². The van der Waals surface area contributed by atoms with Gasteiger partial charge in [0.2, 0.25) is 0 Å². The van der Waals surface area contributed by atoms with Gasteiger partial charge in [-0.05, 0) is 54.7 Å². The predicted molar refractivity (Wildman–Crippen MR) is 108 cm³/mol. The molecule has 0 fully saturated rings. The second kappa shape index (κ2) is 7.67. The minimum absolute atomic E-state index is 0.510. The van der Waals surface area contributed by atoms with Crippen LogP contribution >= 0.6 is 0 Å². The maximum Gasteiger partial charge on any atom is 0.0950 e. The van der Waals surface area contributed by atoms with E-state index in [0.717, 1.165) is 38.3 Å². The molecule has 0 radical (unpaired) electrons. The second-order valence-electron chi connectivity index (χ2n) is 7.54. The van der Waals surface area contributed by atoms with Crippen molar-refractivity contribution < 1.29 is 5.11 Å². The number of rotatable bonds is 4. The first-order chi connectivity index (χ1) is 13.1. The van der Waals surface area contributed by atoms with Crippen LogP contribution in [0.5, 0.6) is 0 Å². The Balaban J connectivity index is 1.54. The fourth-order valence-corrected chi connectivity index (χ4v) is 3.88. The lowest BCUT2D eigenvalue weighted by Crippen LogP contribution is -2.22. The minimum atomic E-state index is -0.510. The molecule has 1 aliphatic rings. The molecule has 0 spiro atoms. The molecule has 0 bridgehead atoms. The van der Waals surface area contributed by atoms with Crippen LogP contribution in [0.15, 0.2) is 54.6 Å². The zero-order valence-corrected chi connectivity index (χ0v) is 16.1. The standard InChI is InChI=1S/C23H27N3O/c1-17-7-3-4-10-22(17)20-9-5-8-19(13-20)15-25-11-6-12-26-21(16-25)14-23(24-26)18(2)27/h3-5,7-10,13-14,18,27H,6,11-12,15-16H2,1-2H3. The summed E-state index contributed by atoms with van der Waals surface area (Å²) < 4.78 is 2.06. The van der Waals surface area contributed by atoms with Crippen LogP contribution in [-0.4, -0.2) is 26.3 Å². The first-order valence-corrected chi connectivity index (χ1v) is 9.72. The third-order valence-electron chi connectivity index (χ3n) is 5.33. The monoisotopic (exact) mass is 361 g/mol. The Kier molecular flexibility index (Phi) is 5.10. The molecule has 0 saturated heterocycles. The quantitative estimate of drug-likeness (QED) is 0.752. The summed E-state index contributed by atoms with van der Waals surface area (Å²) in [5.41, 5.74) is 7.18. The van der Waals surface area contributed by atoms with Crippen molar-refractivity contribution in [2.75, 3.05) is 6.54 Å². The lowest BCUT2D eigenvalue weighted by Gasteiger charge is -2.20. The van der Waals surface area contributed by atoms with E-state index in [1.807, 2.05) is 6.07 Å². The van der Waals surface area contributed by atoms with E-state index in [4.69, 9.17) is 0 Å². The van der Waals surface area contributed by atoms with Crippen LogP contribution in [0.4, 0.5) is 0 Å². The molecular formula is C23H27N3O. The van der Waals surface area contributed by atoms with Crippen molar-refractivity contribution in [3.63, 3.8) is 0 Å². The van der Waals surface area contributed by atoms with Crippen LogP contribution in [0.25, 0.3) is 11.1 Å². The second-order valence-corrected chi connectivity index (χ2v) is 7.54. The molecule has 1 aromatic heterocycles. The Morgan fingerprint density at radius 1 is 1.07 bits per heavy atom. The molecule has 2 heterocycles. The van der Waals surface area contributed by atoms with Gasteiger partial charge in [0.05, 0.1) is 17.5 Å². The van der Waals surface area contributed by atoms with Crippen molar-refractivity contribution in [2.45, 2.75) is 46.0 Å². The van der Waals surface area contributed by atoms with Crippen molar-refractivity contribution in [1.29, 1.82) is 0 Å². The zero-order chi connectivity index (χ0) is 18.8. The Labute approximate surface area is 161 Å². The Hall–Kier alpha value is -2.43. The summed E-state index contributed by atoms with van der Waals surface area (Å²) >= 11 is 0. The fraction of sp³-hybridized carbons (Fsp3) is 0.348. The molecule has 1 unspecified atom stereocenters. The van der Waals surface area contributed by atoms with Crippen LogP contribution < -0.4 is 0 Å². The normalized spacial score (nSPS) is 16.0. The zero-order valence-electron chi connectivity index (χ0n) is 16.1. The smallest absolute Gasteiger partial charge is 0.0950 e. The Morgan fingerprint density at radius 2 is 1.93 bits per heavy atom. The lowest BCUT2D eigenvalue weighted by atomic mass is 9.99. The number of hydrogen-bond donors (Lipinski definition) is 1. The van der Waals surface area contributed by atoms with E-state index >= 15 is 0 Å². The molecule has 0 aliphatic carbocycles. The molecule has 3 aromatic rings. The predicted octanol–water partition coefficient (Wildman–Crippen LogP) is 4.32. The number of aryl methyl sites for hydroxylation is 2. The van der Waals surface area contributed by atoms with Gasteiger partial charge in [-0.3, -0.25) is 9.58 Å². The molecule has 140 valence electrons. The van der Waals surface area contributed by atoms with Gasteiger partial charge < -0.3 is 5.11 Å². The molecule has 0 saturated carbocycles. The molecule has 4 rings (SSSR count). The number of aliphatic hydroxyl groups is 1. The molecule has 0 amide bonds. The van der Waals surface area contributed by atoms with Gasteiger partial charge in [0.1, 0.15) is 0 Å². The van der Waals surface area contributed by atoms with Crippen LogP contribution in [0.2, 0.25) is 0 Å². The summed E-state index contributed by atoms with van der Waals surface area (Å²) in [4.78, 5) is 2.48. The molecule has 4 heteroatoms. The first kappa shape index (κ1) is 18.0. The molecular weight excluding hydrogens is 334 g/mol. The SMILES string of the molecule is Cc1ccccc1-c1cccc(CN2CCCn3nc(C(C)O)cc3C2)c1. The third kappa shape index (κ3) is 3.97. The highest BCUT2D eigenvalue weighted by Crippen LogP contribution is 2.25. The van der Waals surface area contributed by atoms with E-state index < -0.39 is 6.10 Å². The molecule has 4 nitrogen and oxygen atoms in total. The van der Waals surface area contributed by atoms with Crippen molar-refractivity contribution in [1.82, 2.24) is 14.7 Å². The van der Waals surface area contributed by atoms with Gasteiger partial charge in [-0.15, -0.1) is 0 Å². The maximum absolute atomic E-state index is 9.82. The van der Waals surface area contributed by atoms with Gasteiger partial charge in [0, 0.05) is 26.2 Å². The lowest BCUT2D eigenvalue weighted by molar-refractivity contribution is 0.193. The average Bonchev–Trinajstić information content (AvgIpc) is 2.96.